The van der Waals surface area contributed by atoms with Crippen LogP contribution in [0.3, 0.4) is 0 Å². The molecule has 19 heavy (non-hydrogen) atoms. The van der Waals surface area contributed by atoms with E-state index in [2.05, 4.69) is 67.2 Å². The number of benzene rings is 1. The summed E-state index contributed by atoms with van der Waals surface area (Å²) in [5, 5.41) is 3.70. The lowest BCUT2D eigenvalue weighted by molar-refractivity contribution is 0.0624. The van der Waals surface area contributed by atoms with Crippen LogP contribution in [0.15, 0.2) is 30.3 Å². The molecule has 1 N–H and O–H groups in total. The summed E-state index contributed by atoms with van der Waals surface area (Å²) in [6.07, 6.45) is 6.28. The van der Waals surface area contributed by atoms with Gasteiger partial charge in [0.1, 0.15) is 0 Å². The highest BCUT2D eigenvalue weighted by atomic mass is 15.3. The Morgan fingerprint density at radius 1 is 1.47 bits per heavy atom. The zero-order valence-corrected chi connectivity index (χ0v) is 12.2. The number of nitrogens with zero attached hydrogens (tertiary/aromatic N) is 1. The Balaban J connectivity index is 2.19. The van der Waals surface area contributed by atoms with E-state index in [1.165, 1.54) is 5.56 Å². The van der Waals surface area contributed by atoms with Gasteiger partial charge in [0.2, 0.25) is 0 Å². The summed E-state index contributed by atoms with van der Waals surface area (Å²) in [4.78, 5) is 2.53. The topological polar surface area (TPSA) is 15.3 Å². The van der Waals surface area contributed by atoms with Crippen molar-refractivity contribution in [2.75, 3.05) is 13.1 Å². The fraction of sp³-hybridized carbons (Fsp3) is 0.529. The van der Waals surface area contributed by atoms with Crippen LogP contribution >= 0.6 is 0 Å². The van der Waals surface area contributed by atoms with Crippen molar-refractivity contribution in [3.63, 3.8) is 0 Å². The van der Waals surface area contributed by atoms with Crippen LogP contribution < -0.4 is 5.32 Å². The van der Waals surface area contributed by atoms with Gasteiger partial charge in [0, 0.05) is 31.6 Å². The van der Waals surface area contributed by atoms with Gasteiger partial charge < -0.3 is 5.32 Å². The molecule has 1 aliphatic heterocycles. The van der Waals surface area contributed by atoms with Gasteiger partial charge in [-0.2, -0.15) is 0 Å². The third-order valence-corrected chi connectivity index (χ3v) is 4.24. The summed E-state index contributed by atoms with van der Waals surface area (Å²) < 4.78 is 0. The van der Waals surface area contributed by atoms with Crippen LogP contribution in [0, 0.1) is 12.3 Å². The Morgan fingerprint density at radius 2 is 2.16 bits per heavy atom. The summed E-state index contributed by atoms with van der Waals surface area (Å²) in [5.74, 6) is 2.79. The molecule has 3 unspecified atom stereocenters. The van der Waals surface area contributed by atoms with Crippen LogP contribution in [-0.4, -0.2) is 30.1 Å². The Hall–Kier alpha value is -1.30. The normalized spacial score (nSPS) is 29.7. The Kier molecular flexibility index (Phi) is 4.29. The molecular formula is C17H24N2. The molecule has 2 rings (SSSR count). The lowest BCUT2D eigenvalue weighted by Gasteiger charge is -2.47. The van der Waals surface area contributed by atoms with Crippen LogP contribution in [-0.2, 0) is 5.54 Å². The third kappa shape index (κ3) is 3.00. The third-order valence-electron chi connectivity index (χ3n) is 4.24. The highest BCUT2D eigenvalue weighted by Crippen LogP contribution is 2.27. The van der Waals surface area contributed by atoms with E-state index < -0.39 is 0 Å². The second kappa shape index (κ2) is 5.77. The molecule has 1 aromatic carbocycles. The standard InChI is InChI=1S/C17H24N2/c1-5-9-14(2)19-13-17(4,18-12-15(19)3)16-10-7-6-8-11-16/h1,6-8,10-11,14-15,18H,9,12-13H2,2-4H3. The molecule has 0 spiro atoms. The van der Waals surface area contributed by atoms with Crippen molar-refractivity contribution in [1.82, 2.24) is 10.2 Å². The first-order valence-corrected chi connectivity index (χ1v) is 7.06. The minimum absolute atomic E-state index is 0.0105. The van der Waals surface area contributed by atoms with Crippen molar-refractivity contribution in [2.24, 2.45) is 0 Å². The van der Waals surface area contributed by atoms with Crippen LogP contribution in [0.1, 0.15) is 32.8 Å². The predicted octanol–water partition coefficient (Wildman–Crippen LogP) is 2.61. The van der Waals surface area contributed by atoms with Crippen molar-refractivity contribution < 1.29 is 0 Å². The van der Waals surface area contributed by atoms with E-state index in [-0.39, 0.29) is 5.54 Å². The molecule has 0 aromatic heterocycles. The van der Waals surface area contributed by atoms with Gasteiger partial charge >= 0.3 is 0 Å². The summed E-state index contributed by atoms with van der Waals surface area (Å²) >= 11 is 0. The van der Waals surface area contributed by atoms with E-state index >= 15 is 0 Å². The maximum atomic E-state index is 5.47. The number of hydrogen-bond donors (Lipinski definition) is 1. The van der Waals surface area contributed by atoms with Crippen LogP contribution in [0.25, 0.3) is 0 Å². The molecule has 3 atom stereocenters. The van der Waals surface area contributed by atoms with Crippen molar-refractivity contribution in [1.29, 1.82) is 0 Å². The highest BCUT2D eigenvalue weighted by Gasteiger charge is 2.36. The maximum absolute atomic E-state index is 5.47. The monoisotopic (exact) mass is 256 g/mol. The summed E-state index contributed by atoms with van der Waals surface area (Å²) in [6.45, 7) is 8.78. The molecule has 2 heteroatoms. The molecule has 1 saturated heterocycles. The molecule has 1 fully saturated rings. The molecule has 0 amide bonds. The van der Waals surface area contributed by atoms with Gasteiger partial charge in [-0.25, -0.2) is 0 Å². The number of rotatable bonds is 3. The van der Waals surface area contributed by atoms with E-state index in [1.54, 1.807) is 0 Å². The SMILES string of the molecule is C#CCC(C)N1CC(C)(c2ccccc2)NCC1C. The maximum Gasteiger partial charge on any atom is 0.0535 e. The van der Waals surface area contributed by atoms with Gasteiger partial charge in [-0.15, -0.1) is 12.3 Å². The minimum Gasteiger partial charge on any atom is -0.305 e. The first-order valence-electron chi connectivity index (χ1n) is 7.06. The van der Waals surface area contributed by atoms with E-state index in [0.717, 1.165) is 19.5 Å². The van der Waals surface area contributed by atoms with E-state index in [0.29, 0.717) is 12.1 Å². The zero-order valence-electron chi connectivity index (χ0n) is 12.2. The van der Waals surface area contributed by atoms with E-state index in [4.69, 9.17) is 6.42 Å². The molecule has 0 bridgehead atoms. The summed E-state index contributed by atoms with van der Waals surface area (Å²) in [7, 11) is 0. The fourth-order valence-corrected chi connectivity index (χ4v) is 2.94. The van der Waals surface area contributed by atoms with Crippen LogP contribution in [0.2, 0.25) is 0 Å². The van der Waals surface area contributed by atoms with Gasteiger partial charge in [-0.3, -0.25) is 4.90 Å². The average Bonchev–Trinajstić information content (AvgIpc) is 2.43. The first kappa shape index (κ1) is 14.1. The van der Waals surface area contributed by atoms with E-state index in [1.807, 2.05) is 0 Å². The average molecular weight is 256 g/mol. The number of piperazine rings is 1. The highest BCUT2D eigenvalue weighted by molar-refractivity contribution is 5.25. The number of nitrogens with one attached hydrogen (secondary N) is 1. The first-order chi connectivity index (χ1) is 9.07. The molecule has 1 heterocycles. The van der Waals surface area contributed by atoms with Crippen molar-refractivity contribution in [3.05, 3.63) is 35.9 Å². The molecule has 1 aromatic rings. The quantitative estimate of drug-likeness (QED) is 0.836. The van der Waals surface area contributed by atoms with E-state index in [9.17, 15) is 0 Å². The number of terminal acetylenes is 1. The minimum atomic E-state index is 0.0105. The second-order valence-electron chi connectivity index (χ2n) is 5.86. The molecule has 102 valence electrons. The van der Waals surface area contributed by atoms with Crippen LogP contribution in [0.5, 0.6) is 0 Å². The lowest BCUT2D eigenvalue weighted by atomic mass is 9.87. The van der Waals surface area contributed by atoms with Crippen LogP contribution in [0.4, 0.5) is 0 Å². The Bertz CT molecular complexity index is 448. The predicted molar refractivity (Wildman–Crippen MR) is 80.9 cm³/mol. The molecule has 0 aliphatic carbocycles. The second-order valence-corrected chi connectivity index (χ2v) is 5.86. The largest absolute Gasteiger partial charge is 0.305 e. The van der Waals surface area contributed by atoms with Gasteiger partial charge in [-0.05, 0) is 26.3 Å². The molecular weight excluding hydrogens is 232 g/mol. The van der Waals surface area contributed by atoms with Crippen molar-refractivity contribution in [3.8, 4) is 12.3 Å². The number of hydrogen-bond acceptors (Lipinski definition) is 2. The molecule has 1 aliphatic rings. The Labute approximate surface area is 117 Å². The lowest BCUT2D eigenvalue weighted by Crippen LogP contribution is -2.62. The molecule has 2 nitrogen and oxygen atoms in total. The van der Waals surface area contributed by atoms with Crippen molar-refractivity contribution >= 4 is 0 Å². The zero-order chi connectivity index (χ0) is 13.9. The molecule has 0 saturated carbocycles. The van der Waals surface area contributed by atoms with Crippen molar-refractivity contribution in [2.45, 2.75) is 44.8 Å². The van der Waals surface area contributed by atoms with Gasteiger partial charge in [0.15, 0.2) is 0 Å². The summed E-state index contributed by atoms with van der Waals surface area (Å²) in [5.41, 5.74) is 1.36. The smallest absolute Gasteiger partial charge is 0.0535 e. The van der Waals surface area contributed by atoms with Gasteiger partial charge in [0.25, 0.3) is 0 Å². The Morgan fingerprint density at radius 3 is 2.79 bits per heavy atom. The summed E-state index contributed by atoms with van der Waals surface area (Å²) in [6, 6.07) is 11.6. The molecule has 0 radical (unpaired) electrons. The van der Waals surface area contributed by atoms with Gasteiger partial charge in [-0.1, -0.05) is 30.3 Å². The fourth-order valence-electron chi connectivity index (χ4n) is 2.94. The van der Waals surface area contributed by atoms with Gasteiger partial charge in [0.05, 0.1) is 5.54 Å².